The van der Waals surface area contributed by atoms with Crippen LogP contribution in [0.4, 0.5) is 5.69 Å². The summed E-state index contributed by atoms with van der Waals surface area (Å²) < 4.78 is 12.4. The molecule has 0 heterocycles. The zero-order chi connectivity index (χ0) is 18.6. The number of hydrogen-bond donors (Lipinski definition) is 2. The summed E-state index contributed by atoms with van der Waals surface area (Å²) >= 11 is 15.4. The molecule has 0 radical (unpaired) electrons. The Morgan fingerprint density at radius 3 is 2.36 bits per heavy atom. The summed E-state index contributed by atoms with van der Waals surface area (Å²) in [5.74, 6) is 1.26. The lowest BCUT2D eigenvalue weighted by atomic mass is 10.2. The van der Waals surface area contributed by atoms with Gasteiger partial charge in [0.2, 0.25) is 0 Å². The van der Waals surface area contributed by atoms with E-state index in [1.54, 1.807) is 12.1 Å². The minimum atomic E-state index is -0.120. The highest BCUT2D eigenvalue weighted by molar-refractivity contribution is 9.10. The molecule has 0 atom stereocenters. The summed E-state index contributed by atoms with van der Waals surface area (Å²) in [6.45, 7) is 6.93. The van der Waals surface area contributed by atoms with Crippen LogP contribution in [-0.2, 0) is 6.54 Å². The maximum absolute atomic E-state index is 9.62. The zero-order valence-electron chi connectivity index (χ0n) is 14.2. The number of ether oxygens (including phenoxy) is 2. The van der Waals surface area contributed by atoms with E-state index < -0.39 is 0 Å². The number of phenolic OH excluding ortho intramolecular Hbond substituents is 1. The number of anilines is 1. The first-order valence-electron chi connectivity index (χ1n) is 7.85. The Morgan fingerprint density at radius 2 is 1.80 bits per heavy atom. The van der Waals surface area contributed by atoms with E-state index in [1.165, 1.54) is 0 Å². The Kier molecular flexibility index (Phi) is 7.11. The lowest BCUT2D eigenvalue weighted by Crippen LogP contribution is -2.09. The van der Waals surface area contributed by atoms with Gasteiger partial charge in [-0.25, -0.2) is 0 Å². The zero-order valence-corrected chi connectivity index (χ0v) is 17.3. The van der Waals surface area contributed by atoms with Crippen LogP contribution in [-0.4, -0.2) is 17.8 Å². The van der Waals surface area contributed by atoms with E-state index in [0.29, 0.717) is 30.3 Å². The van der Waals surface area contributed by atoms with Gasteiger partial charge in [0.1, 0.15) is 0 Å². The SMILES string of the molecule is CCOc1cc(CNc2cc(Cl)c(O)c(Cl)c2)cc(Br)c1OC(C)C. The topological polar surface area (TPSA) is 50.7 Å². The Labute approximate surface area is 166 Å². The molecule has 7 heteroatoms. The monoisotopic (exact) mass is 447 g/mol. The van der Waals surface area contributed by atoms with Gasteiger partial charge in [-0.05, 0) is 66.5 Å². The predicted octanol–water partition coefficient (Wildman–Crippen LogP) is 6.26. The third kappa shape index (κ3) is 5.33. The summed E-state index contributed by atoms with van der Waals surface area (Å²) in [7, 11) is 0. The molecule has 0 aliphatic rings. The number of phenols is 1. The molecule has 2 N–H and O–H groups in total. The highest BCUT2D eigenvalue weighted by Crippen LogP contribution is 2.38. The number of rotatable bonds is 7. The second-order valence-electron chi connectivity index (χ2n) is 5.65. The fourth-order valence-electron chi connectivity index (χ4n) is 2.21. The average Bonchev–Trinajstić information content (AvgIpc) is 2.53. The van der Waals surface area contributed by atoms with Gasteiger partial charge in [-0.3, -0.25) is 0 Å². The average molecular weight is 449 g/mol. The third-order valence-corrected chi connectivity index (χ3v) is 4.40. The Hall–Kier alpha value is -1.30. The molecule has 0 fully saturated rings. The summed E-state index contributed by atoms with van der Waals surface area (Å²) in [5.41, 5.74) is 1.70. The molecule has 0 saturated carbocycles. The molecule has 0 amide bonds. The van der Waals surface area contributed by atoms with E-state index >= 15 is 0 Å². The summed E-state index contributed by atoms with van der Waals surface area (Å²) in [4.78, 5) is 0. The first kappa shape index (κ1) is 20.0. The molecule has 2 aromatic carbocycles. The van der Waals surface area contributed by atoms with Crippen molar-refractivity contribution in [2.24, 2.45) is 0 Å². The normalized spacial score (nSPS) is 10.8. The van der Waals surface area contributed by atoms with Gasteiger partial charge in [-0.1, -0.05) is 23.2 Å². The van der Waals surface area contributed by atoms with E-state index in [2.05, 4.69) is 21.2 Å². The quantitative estimate of drug-likeness (QED) is 0.490. The fourth-order valence-corrected chi connectivity index (χ4v) is 3.28. The second kappa shape index (κ2) is 8.88. The van der Waals surface area contributed by atoms with Crippen LogP contribution in [0.3, 0.4) is 0 Å². The third-order valence-electron chi connectivity index (χ3n) is 3.24. The molecule has 4 nitrogen and oxygen atoms in total. The van der Waals surface area contributed by atoms with Gasteiger partial charge in [-0.2, -0.15) is 0 Å². The van der Waals surface area contributed by atoms with Crippen LogP contribution in [0.15, 0.2) is 28.7 Å². The van der Waals surface area contributed by atoms with Crippen molar-refractivity contribution in [2.75, 3.05) is 11.9 Å². The fraction of sp³-hybridized carbons (Fsp3) is 0.333. The molecule has 2 aromatic rings. The van der Waals surface area contributed by atoms with Gasteiger partial charge in [0.25, 0.3) is 0 Å². The maximum Gasteiger partial charge on any atom is 0.175 e. The number of aromatic hydroxyl groups is 1. The molecule has 25 heavy (non-hydrogen) atoms. The molecular weight excluding hydrogens is 429 g/mol. The van der Waals surface area contributed by atoms with Gasteiger partial charge in [0.15, 0.2) is 17.2 Å². The number of hydrogen-bond acceptors (Lipinski definition) is 4. The lowest BCUT2D eigenvalue weighted by Gasteiger charge is -2.18. The van der Waals surface area contributed by atoms with Gasteiger partial charge in [0.05, 0.1) is 27.2 Å². The summed E-state index contributed by atoms with van der Waals surface area (Å²) in [6, 6.07) is 7.15. The van der Waals surface area contributed by atoms with Crippen molar-refractivity contribution in [3.05, 3.63) is 44.3 Å². The molecule has 2 rings (SSSR count). The van der Waals surface area contributed by atoms with Gasteiger partial charge in [0, 0.05) is 12.2 Å². The first-order valence-corrected chi connectivity index (χ1v) is 9.40. The van der Waals surface area contributed by atoms with Crippen molar-refractivity contribution in [2.45, 2.75) is 33.4 Å². The van der Waals surface area contributed by atoms with Crippen LogP contribution in [0.2, 0.25) is 10.0 Å². The van der Waals surface area contributed by atoms with Crippen molar-refractivity contribution < 1.29 is 14.6 Å². The van der Waals surface area contributed by atoms with E-state index in [1.807, 2.05) is 32.9 Å². The minimum Gasteiger partial charge on any atom is -0.505 e. The van der Waals surface area contributed by atoms with Crippen LogP contribution >= 0.6 is 39.1 Å². The van der Waals surface area contributed by atoms with E-state index in [-0.39, 0.29) is 21.9 Å². The molecule has 0 spiro atoms. The van der Waals surface area contributed by atoms with Crippen molar-refractivity contribution in [1.82, 2.24) is 0 Å². The molecule has 0 aliphatic heterocycles. The first-order chi connectivity index (χ1) is 11.8. The van der Waals surface area contributed by atoms with Crippen molar-refractivity contribution in [3.8, 4) is 17.2 Å². The highest BCUT2D eigenvalue weighted by atomic mass is 79.9. The van der Waals surface area contributed by atoms with Gasteiger partial charge in [-0.15, -0.1) is 0 Å². The molecule has 0 bridgehead atoms. The second-order valence-corrected chi connectivity index (χ2v) is 7.32. The Bertz CT molecular complexity index is 730. The lowest BCUT2D eigenvalue weighted by molar-refractivity contribution is 0.222. The molecule has 0 unspecified atom stereocenters. The molecule has 0 aromatic heterocycles. The number of nitrogens with one attached hydrogen (secondary N) is 1. The van der Waals surface area contributed by atoms with Crippen LogP contribution in [0.1, 0.15) is 26.3 Å². The predicted molar refractivity (Wildman–Crippen MR) is 107 cm³/mol. The van der Waals surface area contributed by atoms with E-state index in [0.717, 1.165) is 10.0 Å². The van der Waals surface area contributed by atoms with Crippen LogP contribution < -0.4 is 14.8 Å². The summed E-state index contributed by atoms with van der Waals surface area (Å²) in [5, 5.41) is 13.3. The molecule has 136 valence electrons. The van der Waals surface area contributed by atoms with Crippen LogP contribution in [0, 0.1) is 0 Å². The van der Waals surface area contributed by atoms with Crippen molar-refractivity contribution in [3.63, 3.8) is 0 Å². The van der Waals surface area contributed by atoms with Crippen molar-refractivity contribution >= 4 is 44.8 Å². The van der Waals surface area contributed by atoms with Crippen LogP contribution in [0.5, 0.6) is 17.2 Å². The van der Waals surface area contributed by atoms with Gasteiger partial charge >= 0.3 is 0 Å². The van der Waals surface area contributed by atoms with Gasteiger partial charge < -0.3 is 19.9 Å². The number of halogens is 3. The summed E-state index contributed by atoms with van der Waals surface area (Å²) in [6.07, 6.45) is 0.0424. The van der Waals surface area contributed by atoms with Crippen LogP contribution in [0.25, 0.3) is 0 Å². The highest BCUT2D eigenvalue weighted by Gasteiger charge is 2.14. The standard InChI is InChI=1S/C18H20BrCl2NO3/c1-4-24-16-6-11(5-13(19)18(16)25-10(2)3)9-22-12-7-14(20)17(23)15(21)8-12/h5-8,10,22-23H,4,9H2,1-3H3. The van der Waals surface area contributed by atoms with E-state index in [9.17, 15) is 5.11 Å². The molecular formula is C18H20BrCl2NO3. The largest absolute Gasteiger partial charge is 0.505 e. The Morgan fingerprint density at radius 1 is 1.16 bits per heavy atom. The van der Waals surface area contributed by atoms with Crippen molar-refractivity contribution in [1.29, 1.82) is 0 Å². The Balaban J connectivity index is 2.22. The number of benzene rings is 2. The molecule has 0 saturated heterocycles. The van der Waals surface area contributed by atoms with E-state index in [4.69, 9.17) is 32.7 Å². The minimum absolute atomic E-state index is 0.0424. The maximum atomic E-state index is 9.62. The smallest absolute Gasteiger partial charge is 0.175 e. The molecule has 0 aliphatic carbocycles.